The Morgan fingerprint density at radius 1 is 1.22 bits per heavy atom. The van der Waals surface area contributed by atoms with E-state index in [1.54, 1.807) is 36.4 Å². The molecular weight excluding hydrogens is 411 g/mol. The van der Waals surface area contributed by atoms with Crippen LogP contribution in [-0.2, 0) is 11.2 Å². The standard InChI is InChI=1S/C24H29FN4O3/c1-17(30)26-20-9-11-23(12-10-20)32-16-22(31)15-29(2)13-3-4-21-14-24(28-27-21)18-5-7-19(25)8-6-18/h5-12,14,22,31H,3-4,13,15-16H2,1-2H3,(H,26,30)(H,27,28). The normalized spacial score (nSPS) is 12.0. The van der Waals surface area contributed by atoms with Crippen molar-refractivity contribution in [1.82, 2.24) is 15.1 Å². The number of aliphatic hydroxyl groups is 1. The molecule has 1 aromatic heterocycles. The molecule has 3 rings (SSSR count). The number of carbonyl (C=O) groups is 1. The van der Waals surface area contributed by atoms with Gasteiger partial charge in [0.25, 0.3) is 0 Å². The van der Waals surface area contributed by atoms with Gasteiger partial charge in [-0.2, -0.15) is 5.10 Å². The number of anilines is 1. The molecule has 1 atom stereocenters. The number of ether oxygens (including phenoxy) is 1. The van der Waals surface area contributed by atoms with Gasteiger partial charge in [-0.05, 0) is 81.0 Å². The molecule has 2 aromatic carbocycles. The molecule has 8 heteroatoms. The number of carbonyl (C=O) groups excluding carboxylic acids is 1. The van der Waals surface area contributed by atoms with Crippen LogP contribution in [0.4, 0.5) is 10.1 Å². The lowest BCUT2D eigenvalue weighted by Gasteiger charge is -2.20. The van der Waals surface area contributed by atoms with Gasteiger partial charge in [-0.1, -0.05) is 0 Å². The number of likely N-dealkylation sites (N-methyl/N-ethyl adjacent to an activating group) is 1. The first-order valence-corrected chi connectivity index (χ1v) is 10.6. The number of hydrogen-bond acceptors (Lipinski definition) is 5. The Morgan fingerprint density at radius 2 is 1.94 bits per heavy atom. The van der Waals surface area contributed by atoms with Crippen molar-refractivity contribution in [3.63, 3.8) is 0 Å². The number of halogens is 1. The molecular formula is C24H29FN4O3. The first-order chi connectivity index (χ1) is 15.4. The molecule has 3 N–H and O–H groups in total. The monoisotopic (exact) mass is 440 g/mol. The Labute approximate surface area is 187 Å². The van der Waals surface area contributed by atoms with Crippen LogP contribution in [0.25, 0.3) is 11.3 Å². The molecule has 0 fully saturated rings. The highest BCUT2D eigenvalue weighted by molar-refractivity contribution is 5.88. The van der Waals surface area contributed by atoms with Gasteiger partial charge in [0.15, 0.2) is 0 Å². The molecule has 0 aliphatic heterocycles. The highest BCUT2D eigenvalue weighted by Crippen LogP contribution is 2.19. The Kier molecular flexibility index (Phi) is 8.35. The zero-order valence-corrected chi connectivity index (χ0v) is 18.3. The summed E-state index contributed by atoms with van der Waals surface area (Å²) in [6, 6.07) is 15.3. The maximum atomic E-state index is 13.1. The van der Waals surface area contributed by atoms with Gasteiger partial charge in [-0.15, -0.1) is 0 Å². The second-order valence-electron chi connectivity index (χ2n) is 7.82. The van der Waals surface area contributed by atoms with Crippen molar-refractivity contribution in [3.05, 3.63) is 66.1 Å². The number of aryl methyl sites for hydroxylation is 1. The zero-order chi connectivity index (χ0) is 22.9. The summed E-state index contributed by atoms with van der Waals surface area (Å²) in [6.45, 7) is 2.95. The fourth-order valence-corrected chi connectivity index (χ4v) is 3.33. The van der Waals surface area contributed by atoms with E-state index in [9.17, 15) is 14.3 Å². The molecule has 0 aliphatic carbocycles. The van der Waals surface area contributed by atoms with E-state index < -0.39 is 6.10 Å². The summed E-state index contributed by atoms with van der Waals surface area (Å²) in [5, 5.41) is 20.3. The molecule has 0 radical (unpaired) electrons. The van der Waals surface area contributed by atoms with E-state index in [0.29, 0.717) is 18.0 Å². The highest BCUT2D eigenvalue weighted by Gasteiger charge is 2.10. The highest BCUT2D eigenvalue weighted by atomic mass is 19.1. The molecule has 32 heavy (non-hydrogen) atoms. The number of rotatable bonds is 11. The van der Waals surface area contributed by atoms with Gasteiger partial charge in [-0.25, -0.2) is 4.39 Å². The summed E-state index contributed by atoms with van der Waals surface area (Å²) in [5.74, 6) is 0.245. The van der Waals surface area contributed by atoms with Crippen molar-refractivity contribution in [2.45, 2.75) is 25.9 Å². The molecule has 0 saturated carbocycles. The lowest BCUT2D eigenvalue weighted by Crippen LogP contribution is -2.33. The minimum atomic E-state index is -0.618. The third-order valence-electron chi connectivity index (χ3n) is 4.90. The summed E-state index contributed by atoms with van der Waals surface area (Å²) in [7, 11) is 1.96. The molecule has 0 aliphatic rings. The molecule has 1 unspecified atom stereocenters. The summed E-state index contributed by atoms with van der Waals surface area (Å²) < 4.78 is 18.7. The van der Waals surface area contributed by atoms with Crippen LogP contribution in [0, 0.1) is 5.82 Å². The van der Waals surface area contributed by atoms with Crippen LogP contribution >= 0.6 is 0 Å². The second kappa shape index (κ2) is 11.4. The van der Waals surface area contributed by atoms with Crippen LogP contribution in [0.5, 0.6) is 5.75 Å². The Hall–Kier alpha value is -3.23. The number of aromatic nitrogens is 2. The first-order valence-electron chi connectivity index (χ1n) is 10.6. The van der Waals surface area contributed by atoms with Crippen molar-refractivity contribution >= 4 is 11.6 Å². The van der Waals surface area contributed by atoms with Crippen molar-refractivity contribution < 1.29 is 19.0 Å². The Balaban J connectivity index is 1.35. The van der Waals surface area contributed by atoms with Crippen molar-refractivity contribution in [1.29, 1.82) is 0 Å². The number of H-pyrrole nitrogens is 1. The zero-order valence-electron chi connectivity index (χ0n) is 18.3. The Bertz CT molecular complexity index is 989. The number of nitrogens with one attached hydrogen (secondary N) is 2. The Morgan fingerprint density at radius 3 is 2.62 bits per heavy atom. The van der Waals surface area contributed by atoms with E-state index in [2.05, 4.69) is 20.4 Å². The van der Waals surface area contributed by atoms with Gasteiger partial charge in [0.05, 0.1) is 5.69 Å². The van der Waals surface area contributed by atoms with Gasteiger partial charge in [0.2, 0.25) is 5.91 Å². The molecule has 0 saturated heterocycles. The van der Waals surface area contributed by atoms with Crippen molar-refractivity contribution in [2.24, 2.45) is 0 Å². The molecule has 1 amide bonds. The predicted molar refractivity (Wildman–Crippen MR) is 122 cm³/mol. The van der Waals surface area contributed by atoms with Gasteiger partial charge < -0.3 is 20.1 Å². The molecule has 0 bridgehead atoms. The van der Waals surface area contributed by atoms with Gasteiger partial charge in [0.1, 0.15) is 24.3 Å². The summed E-state index contributed by atoms with van der Waals surface area (Å²) in [5.41, 5.74) is 3.39. The smallest absolute Gasteiger partial charge is 0.221 e. The van der Waals surface area contributed by atoms with Crippen LogP contribution in [0.2, 0.25) is 0 Å². The first kappa shape index (κ1) is 23.4. The van der Waals surface area contributed by atoms with Gasteiger partial charge in [0, 0.05) is 30.4 Å². The van der Waals surface area contributed by atoms with Crippen LogP contribution in [0.15, 0.2) is 54.6 Å². The third kappa shape index (κ3) is 7.47. The average Bonchev–Trinajstić information content (AvgIpc) is 3.22. The van der Waals surface area contributed by atoms with E-state index in [-0.39, 0.29) is 18.3 Å². The molecule has 0 spiro atoms. The van der Waals surface area contributed by atoms with Crippen LogP contribution in [0.1, 0.15) is 19.0 Å². The molecule has 3 aromatic rings. The van der Waals surface area contributed by atoms with Crippen LogP contribution in [0.3, 0.4) is 0 Å². The quantitative estimate of drug-likeness (QED) is 0.425. The van der Waals surface area contributed by atoms with E-state index in [0.717, 1.165) is 36.3 Å². The van der Waals surface area contributed by atoms with Gasteiger partial charge >= 0.3 is 0 Å². The summed E-state index contributed by atoms with van der Waals surface area (Å²) >= 11 is 0. The maximum Gasteiger partial charge on any atom is 0.221 e. The molecule has 7 nitrogen and oxygen atoms in total. The predicted octanol–water partition coefficient (Wildman–Crippen LogP) is 3.48. The molecule has 170 valence electrons. The van der Waals surface area contributed by atoms with E-state index in [4.69, 9.17) is 4.74 Å². The SMILES string of the molecule is CC(=O)Nc1ccc(OCC(O)CN(C)CCCc2cc(-c3ccc(F)cc3)n[nH]2)cc1. The van der Waals surface area contributed by atoms with Crippen molar-refractivity contribution in [2.75, 3.05) is 32.1 Å². The number of benzene rings is 2. The topological polar surface area (TPSA) is 90.5 Å². The number of aromatic amines is 1. The largest absolute Gasteiger partial charge is 0.491 e. The minimum absolute atomic E-state index is 0.127. The van der Waals surface area contributed by atoms with E-state index >= 15 is 0 Å². The fourth-order valence-electron chi connectivity index (χ4n) is 3.33. The van der Waals surface area contributed by atoms with Crippen LogP contribution in [-0.4, -0.2) is 59.0 Å². The maximum absolute atomic E-state index is 13.1. The number of aliphatic hydroxyl groups excluding tert-OH is 1. The number of nitrogens with zero attached hydrogens (tertiary/aromatic N) is 2. The number of hydrogen-bond donors (Lipinski definition) is 3. The lowest BCUT2D eigenvalue weighted by molar-refractivity contribution is -0.114. The van der Waals surface area contributed by atoms with E-state index in [1.807, 2.05) is 13.1 Å². The van der Waals surface area contributed by atoms with Gasteiger partial charge in [-0.3, -0.25) is 9.89 Å². The second-order valence-corrected chi connectivity index (χ2v) is 7.82. The van der Waals surface area contributed by atoms with E-state index in [1.165, 1.54) is 19.1 Å². The summed E-state index contributed by atoms with van der Waals surface area (Å²) in [4.78, 5) is 13.1. The minimum Gasteiger partial charge on any atom is -0.491 e. The lowest BCUT2D eigenvalue weighted by atomic mass is 10.1. The summed E-state index contributed by atoms with van der Waals surface area (Å²) in [6.07, 6.45) is 1.11. The fraction of sp³-hybridized carbons (Fsp3) is 0.333. The molecule has 1 heterocycles. The third-order valence-corrected chi connectivity index (χ3v) is 4.90. The van der Waals surface area contributed by atoms with Crippen LogP contribution < -0.4 is 10.1 Å². The van der Waals surface area contributed by atoms with Crippen molar-refractivity contribution in [3.8, 4) is 17.0 Å². The average molecular weight is 441 g/mol. The number of amides is 1.